The molecule has 4 N–H and O–H groups in total. The topological polar surface area (TPSA) is 116 Å². The molecule has 0 radical (unpaired) electrons. The fourth-order valence-electron chi connectivity index (χ4n) is 6.34. The minimum Gasteiger partial charge on any atom is -0.391 e. The molecule has 0 aliphatic rings. The Hall–Kier alpha value is -0.720. The number of nitrogens with one attached hydrogen (secondary N) is 1. The van der Waals surface area contributed by atoms with Crippen LogP contribution < -0.4 is 5.32 Å². The van der Waals surface area contributed by atoms with Crippen LogP contribution in [0, 0.1) is 0 Å². The number of phosphoric ester groups is 1. The van der Waals surface area contributed by atoms with Crippen molar-refractivity contribution >= 4 is 13.7 Å². The van der Waals surface area contributed by atoms with E-state index in [4.69, 9.17) is 9.79 Å². The van der Waals surface area contributed by atoms with Gasteiger partial charge in [-0.15, -0.1) is 0 Å². The van der Waals surface area contributed by atoms with E-state index in [9.17, 15) is 14.5 Å². The van der Waals surface area contributed by atoms with Gasteiger partial charge in [-0.3, -0.25) is 9.32 Å². The van der Waals surface area contributed by atoms with Crippen LogP contribution in [0.3, 0.4) is 0 Å². The highest BCUT2D eigenvalue weighted by Crippen LogP contribution is 2.36. The molecule has 0 aliphatic heterocycles. The smallest absolute Gasteiger partial charge is 0.391 e. The molecule has 7 nitrogen and oxygen atoms in total. The van der Waals surface area contributed by atoms with E-state index in [1.54, 1.807) is 0 Å². The number of hydrogen-bond donors (Lipinski definition) is 4. The Balaban J connectivity index is 3.77. The second-order valence-corrected chi connectivity index (χ2v) is 15.5. The molecule has 1 amide bonds. The van der Waals surface area contributed by atoms with Gasteiger partial charge in [-0.05, 0) is 38.5 Å². The van der Waals surface area contributed by atoms with Gasteiger partial charge >= 0.3 is 7.82 Å². The molecule has 8 heteroatoms. The predicted octanol–water partition coefficient (Wildman–Crippen LogP) is 12.0. The van der Waals surface area contributed by atoms with E-state index in [2.05, 4.69) is 35.8 Å². The summed E-state index contributed by atoms with van der Waals surface area (Å²) in [7, 11) is -4.68. The maximum absolute atomic E-state index is 12.5. The minimum absolute atomic E-state index is 0.194. The average Bonchev–Trinajstić information content (AvgIpc) is 3.05. The fourth-order valence-corrected chi connectivity index (χ4v) is 6.70. The van der Waals surface area contributed by atoms with Gasteiger partial charge in [-0.25, -0.2) is 4.57 Å². The van der Waals surface area contributed by atoms with Gasteiger partial charge in [0.25, 0.3) is 0 Å². The molecule has 0 rings (SSSR count). The van der Waals surface area contributed by atoms with Crippen molar-refractivity contribution in [2.75, 3.05) is 6.61 Å². The van der Waals surface area contributed by atoms with Crippen LogP contribution in [0.1, 0.15) is 219 Å². The van der Waals surface area contributed by atoms with Crippen LogP contribution in [0.25, 0.3) is 0 Å². The first-order valence-electron chi connectivity index (χ1n) is 20.6. The lowest BCUT2D eigenvalue weighted by atomic mass is 10.0. The van der Waals surface area contributed by atoms with Gasteiger partial charge in [0.15, 0.2) is 0 Å². The van der Waals surface area contributed by atoms with Crippen LogP contribution >= 0.6 is 7.82 Å². The Labute approximate surface area is 297 Å². The summed E-state index contributed by atoms with van der Waals surface area (Å²) in [5, 5.41) is 13.4. The summed E-state index contributed by atoms with van der Waals surface area (Å²) < 4.78 is 15.9. The van der Waals surface area contributed by atoms with E-state index >= 15 is 0 Å². The number of hydrogen-bond acceptors (Lipinski definition) is 4. The van der Waals surface area contributed by atoms with E-state index in [1.165, 1.54) is 154 Å². The third-order valence-electron chi connectivity index (χ3n) is 9.50. The average molecular weight is 702 g/mol. The van der Waals surface area contributed by atoms with Crippen LogP contribution in [-0.4, -0.2) is 39.6 Å². The van der Waals surface area contributed by atoms with Crippen LogP contribution in [0.2, 0.25) is 0 Å². The molecule has 0 fully saturated rings. The molecule has 0 unspecified atom stereocenters. The summed E-state index contributed by atoms with van der Waals surface area (Å²) >= 11 is 0. The van der Waals surface area contributed by atoms with E-state index in [-0.39, 0.29) is 5.91 Å². The zero-order valence-corrected chi connectivity index (χ0v) is 32.6. The molecule has 0 aromatic rings. The number of rotatable bonds is 38. The van der Waals surface area contributed by atoms with Gasteiger partial charge < -0.3 is 20.2 Å². The molecule has 0 bridgehead atoms. The molecule has 0 aromatic heterocycles. The summed E-state index contributed by atoms with van der Waals surface area (Å²) in [4.78, 5) is 30.8. The molecule has 286 valence electrons. The highest BCUT2D eigenvalue weighted by molar-refractivity contribution is 7.46. The van der Waals surface area contributed by atoms with Crippen molar-refractivity contribution < 1.29 is 28.8 Å². The first-order chi connectivity index (χ1) is 23.3. The van der Waals surface area contributed by atoms with Crippen LogP contribution in [0.4, 0.5) is 0 Å². The number of amides is 1. The zero-order valence-electron chi connectivity index (χ0n) is 31.7. The summed E-state index contributed by atoms with van der Waals surface area (Å²) in [6.45, 7) is 4.09. The maximum Gasteiger partial charge on any atom is 0.469 e. The van der Waals surface area contributed by atoms with Crippen molar-refractivity contribution in [1.29, 1.82) is 0 Å². The van der Waals surface area contributed by atoms with E-state index in [1.807, 2.05) is 0 Å². The third kappa shape index (κ3) is 36.6. The van der Waals surface area contributed by atoms with Crippen molar-refractivity contribution in [2.45, 2.75) is 231 Å². The second-order valence-electron chi connectivity index (χ2n) is 14.3. The Morgan fingerprint density at radius 1 is 0.583 bits per heavy atom. The molecule has 0 aliphatic carbocycles. The van der Waals surface area contributed by atoms with Gasteiger partial charge in [0.1, 0.15) is 0 Å². The summed E-state index contributed by atoms with van der Waals surface area (Å²) in [5.74, 6) is -0.194. The predicted molar refractivity (Wildman–Crippen MR) is 204 cm³/mol. The lowest BCUT2D eigenvalue weighted by Gasteiger charge is -2.24. The van der Waals surface area contributed by atoms with Crippen LogP contribution in [0.15, 0.2) is 12.2 Å². The molecular weight excluding hydrogens is 621 g/mol. The summed E-state index contributed by atoms with van der Waals surface area (Å²) in [6.07, 6.45) is 42.1. The van der Waals surface area contributed by atoms with Gasteiger partial charge in [-0.2, -0.15) is 0 Å². The standard InChI is InChI=1S/C40H80NO6P/c1-3-5-7-9-11-13-14-15-16-17-18-19-20-21-22-23-24-25-26-28-30-32-34-36-40(43)41-38(37-47-48(44,45)46)39(42)35-33-31-29-27-12-10-8-6-4-2/h15-16,38-39,42H,3-14,17-37H2,1-2H3,(H,41,43)(H2,44,45,46)/b16-15-/t38-,39+/m0/s1. The van der Waals surface area contributed by atoms with Gasteiger partial charge in [0, 0.05) is 6.42 Å². The highest BCUT2D eigenvalue weighted by atomic mass is 31.2. The number of unbranched alkanes of at least 4 members (excludes halogenated alkanes) is 27. The highest BCUT2D eigenvalue weighted by Gasteiger charge is 2.25. The van der Waals surface area contributed by atoms with Crippen LogP contribution in [-0.2, 0) is 13.9 Å². The van der Waals surface area contributed by atoms with Crippen molar-refractivity contribution in [1.82, 2.24) is 5.32 Å². The van der Waals surface area contributed by atoms with Crippen molar-refractivity contribution in [3.05, 3.63) is 12.2 Å². The SMILES string of the molecule is CCCCCCCC/C=C\CCCCCCCCCCCCCCCC(=O)N[C@@H](COP(=O)(O)O)[C@H](O)CCCCCCCCCCC. The Bertz CT molecular complexity index is 758. The van der Waals surface area contributed by atoms with E-state index in [0.29, 0.717) is 12.8 Å². The Morgan fingerprint density at radius 3 is 1.33 bits per heavy atom. The normalized spacial score (nSPS) is 13.4. The molecule has 2 atom stereocenters. The molecule has 0 aromatic carbocycles. The summed E-state index contributed by atoms with van der Waals surface area (Å²) in [6, 6.07) is -0.819. The maximum atomic E-state index is 12.5. The molecular formula is C40H80NO6P. The van der Waals surface area contributed by atoms with Gasteiger partial charge in [0.2, 0.25) is 5.91 Å². The lowest BCUT2D eigenvalue weighted by Crippen LogP contribution is -2.46. The van der Waals surface area contributed by atoms with Gasteiger partial charge in [0.05, 0.1) is 18.8 Å². The van der Waals surface area contributed by atoms with Crippen molar-refractivity contribution in [3.63, 3.8) is 0 Å². The summed E-state index contributed by atoms with van der Waals surface area (Å²) in [5.41, 5.74) is 0. The molecule has 0 spiro atoms. The number of aliphatic hydroxyl groups excluding tert-OH is 1. The lowest BCUT2D eigenvalue weighted by molar-refractivity contribution is -0.123. The van der Waals surface area contributed by atoms with E-state index < -0.39 is 26.6 Å². The third-order valence-corrected chi connectivity index (χ3v) is 9.99. The molecule has 0 saturated heterocycles. The monoisotopic (exact) mass is 702 g/mol. The Morgan fingerprint density at radius 2 is 0.938 bits per heavy atom. The molecule has 0 heterocycles. The number of carbonyl (C=O) groups is 1. The quantitative estimate of drug-likeness (QED) is 0.0289. The first-order valence-corrected chi connectivity index (χ1v) is 22.2. The number of allylic oxidation sites excluding steroid dienone is 2. The van der Waals surface area contributed by atoms with Crippen molar-refractivity contribution in [3.8, 4) is 0 Å². The first kappa shape index (κ1) is 47.3. The van der Waals surface area contributed by atoms with E-state index in [0.717, 1.165) is 38.5 Å². The molecule has 48 heavy (non-hydrogen) atoms. The second kappa shape index (κ2) is 36.1. The zero-order chi connectivity index (χ0) is 35.4. The number of aliphatic hydroxyl groups is 1. The van der Waals surface area contributed by atoms with Crippen molar-refractivity contribution in [2.24, 2.45) is 0 Å². The number of carbonyl (C=O) groups excluding carboxylic acids is 1. The Kier molecular flexibility index (Phi) is 35.5. The largest absolute Gasteiger partial charge is 0.469 e. The van der Waals surface area contributed by atoms with Crippen LogP contribution in [0.5, 0.6) is 0 Å². The minimum atomic E-state index is -4.68. The molecule has 0 saturated carbocycles. The van der Waals surface area contributed by atoms with Gasteiger partial charge in [-0.1, -0.05) is 187 Å². The fraction of sp³-hybridized carbons (Fsp3) is 0.925. The number of phosphoric acid groups is 1.